The van der Waals surface area contributed by atoms with Crippen molar-refractivity contribution in [3.05, 3.63) is 93.4 Å². The molecule has 1 unspecified atom stereocenters. The Morgan fingerprint density at radius 2 is 1.95 bits per heavy atom. The van der Waals surface area contributed by atoms with Gasteiger partial charge in [0.15, 0.2) is 22.7 Å². The van der Waals surface area contributed by atoms with Crippen LogP contribution in [0.5, 0.6) is 28.9 Å². The molecule has 1 atom stereocenters. The quantitative estimate of drug-likeness (QED) is 0.267. The van der Waals surface area contributed by atoms with Gasteiger partial charge in [0.05, 0.1) is 29.9 Å². The van der Waals surface area contributed by atoms with Gasteiger partial charge >= 0.3 is 5.97 Å². The van der Waals surface area contributed by atoms with Gasteiger partial charge in [-0.15, -0.1) is 0 Å². The Balaban J connectivity index is 1.53. The predicted octanol–water partition coefficient (Wildman–Crippen LogP) is 3.77. The first-order valence-corrected chi connectivity index (χ1v) is 13.4. The Morgan fingerprint density at radius 1 is 1.16 bits per heavy atom. The van der Waals surface area contributed by atoms with Gasteiger partial charge < -0.3 is 29.6 Å². The highest BCUT2D eigenvalue weighted by Gasteiger charge is 2.26. The summed E-state index contributed by atoms with van der Waals surface area (Å²) in [6, 6.07) is 10.5. The molecule has 0 aliphatic carbocycles. The second kappa shape index (κ2) is 11.7. The topological polar surface area (TPSA) is 178 Å². The Labute approximate surface area is 243 Å². The minimum Gasteiger partial charge on any atom is -0.504 e. The highest BCUT2D eigenvalue weighted by Crippen LogP contribution is 2.38. The van der Waals surface area contributed by atoms with Crippen LogP contribution in [-0.4, -0.2) is 61.2 Å². The zero-order valence-electron chi connectivity index (χ0n) is 22.0. The van der Waals surface area contributed by atoms with Crippen molar-refractivity contribution in [2.45, 2.75) is 9.92 Å². The Bertz CT molecular complexity index is 1940. The summed E-state index contributed by atoms with van der Waals surface area (Å²) in [6.45, 7) is 0.928. The number of aromatic carboxylic acids is 1. The number of carbonyl (C=O) groups is 1. The number of nitrogens with zero attached hydrogens (tertiary/aromatic N) is 4. The summed E-state index contributed by atoms with van der Waals surface area (Å²) in [4.78, 5) is 35.8. The van der Waals surface area contributed by atoms with Crippen LogP contribution in [0.2, 0.25) is 0 Å². The summed E-state index contributed by atoms with van der Waals surface area (Å²) in [5.41, 5.74) is -1.04. The molecular weight excluding hydrogens is 588 g/mol. The first-order valence-electron chi connectivity index (χ1n) is 12.3. The summed E-state index contributed by atoms with van der Waals surface area (Å²) in [5.74, 6) is -6.04. The maximum atomic E-state index is 15.5. The number of likely N-dealkylation sites (N-methyl/N-ethyl adjacent to an activating group) is 1. The lowest BCUT2D eigenvalue weighted by Gasteiger charge is -2.19. The van der Waals surface area contributed by atoms with E-state index in [0.717, 1.165) is 18.3 Å². The molecule has 0 radical (unpaired) electrons. The molecule has 12 nitrogen and oxygen atoms in total. The van der Waals surface area contributed by atoms with Gasteiger partial charge in [0.1, 0.15) is 33.0 Å². The fourth-order valence-electron chi connectivity index (χ4n) is 4.04. The van der Waals surface area contributed by atoms with Gasteiger partial charge in [0.25, 0.3) is 5.88 Å². The first kappa shape index (κ1) is 28.9. The third kappa shape index (κ3) is 5.76. The van der Waals surface area contributed by atoms with Gasteiger partial charge in [0.2, 0.25) is 11.6 Å². The van der Waals surface area contributed by atoms with Crippen LogP contribution in [0.1, 0.15) is 21.5 Å². The molecular formula is C28H19F2N5O7S. The molecule has 3 N–H and O–H groups in total. The first-order chi connectivity index (χ1) is 20.6. The van der Waals surface area contributed by atoms with E-state index in [1.54, 1.807) is 11.9 Å². The number of phenolic OH excluding ortho intramolecular Hbond substituents is 1. The number of aromatic hydroxyl groups is 1. The summed E-state index contributed by atoms with van der Waals surface area (Å²) in [6.07, 6.45) is 1.59. The molecule has 1 aliphatic heterocycles. The number of ether oxygens (including phenoxy) is 2. The molecule has 15 heteroatoms. The summed E-state index contributed by atoms with van der Waals surface area (Å²) >= 11 is 0. The van der Waals surface area contributed by atoms with E-state index >= 15 is 4.39 Å². The van der Waals surface area contributed by atoms with Crippen molar-refractivity contribution in [2.24, 2.45) is 4.99 Å². The molecule has 1 aliphatic rings. The monoisotopic (exact) mass is 607 g/mol. The molecule has 2 aromatic carbocycles. The van der Waals surface area contributed by atoms with Crippen molar-refractivity contribution in [1.29, 1.82) is 5.26 Å². The number of carboxylic acids is 1. The number of carboxylic acid groups (broad SMARTS) is 1. The third-order valence-corrected chi connectivity index (χ3v) is 7.51. The highest BCUT2D eigenvalue weighted by atomic mass is 32.2. The van der Waals surface area contributed by atoms with Gasteiger partial charge in [0, 0.05) is 36.8 Å². The number of pyridine rings is 2. The van der Waals surface area contributed by atoms with E-state index in [0.29, 0.717) is 25.1 Å². The number of hydrogen-bond acceptors (Lipinski definition) is 10. The lowest BCUT2D eigenvalue weighted by molar-refractivity contribution is 0.0695. The van der Waals surface area contributed by atoms with Gasteiger partial charge in [-0.05, 0) is 30.3 Å². The molecule has 218 valence electrons. The Kier molecular flexibility index (Phi) is 7.86. The van der Waals surface area contributed by atoms with Crippen molar-refractivity contribution in [3.8, 4) is 34.9 Å². The van der Waals surface area contributed by atoms with E-state index in [1.807, 2.05) is 6.07 Å². The fourth-order valence-corrected chi connectivity index (χ4v) is 5.09. The summed E-state index contributed by atoms with van der Waals surface area (Å²) in [7, 11) is -0.273. The Hall–Kier alpha value is -5.62. The lowest BCUT2D eigenvalue weighted by Crippen LogP contribution is -2.24. The number of aliphatic imine (C=N–C) groups is 1. The minimum atomic E-state index is -2.00. The maximum Gasteiger partial charge on any atom is 0.341 e. The number of hydrogen-bond donors (Lipinski definition) is 3. The van der Waals surface area contributed by atoms with Crippen molar-refractivity contribution < 1.29 is 37.5 Å². The van der Waals surface area contributed by atoms with Crippen molar-refractivity contribution >= 4 is 22.6 Å². The van der Waals surface area contributed by atoms with Crippen LogP contribution in [0.15, 0.2) is 74.6 Å². The average molecular weight is 608 g/mol. The van der Waals surface area contributed by atoms with Crippen LogP contribution in [-0.2, 0) is 10.8 Å². The van der Waals surface area contributed by atoms with Gasteiger partial charge in [-0.1, -0.05) is 0 Å². The number of rotatable bonds is 8. The van der Waals surface area contributed by atoms with Crippen molar-refractivity contribution in [2.75, 3.05) is 20.1 Å². The van der Waals surface area contributed by atoms with Gasteiger partial charge in [-0.2, -0.15) is 9.65 Å². The van der Waals surface area contributed by atoms with E-state index in [1.165, 1.54) is 30.3 Å². The predicted molar refractivity (Wildman–Crippen MR) is 146 cm³/mol. The second-order valence-electron chi connectivity index (χ2n) is 8.99. The summed E-state index contributed by atoms with van der Waals surface area (Å²) < 4.78 is 54.7. The molecule has 0 saturated heterocycles. The number of benzene rings is 2. The van der Waals surface area contributed by atoms with E-state index in [9.17, 15) is 23.3 Å². The van der Waals surface area contributed by atoms with E-state index in [-0.39, 0.29) is 32.5 Å². The Morgan fingerprint density at radius 3 is 2.63 bits per heavy atom. The third-order valence-electron chi connectivity index (χ3n) is 6.19. The molecule has 0 fully saturated rings. The summed E-state index contributed by atoms with van der Waals surface area (Å²) in [5, 5.41) is 28.2. The van der Waals surface area contributed by atoms with Gasteiger partial charge in [-0.25, -0.2) is 18.4 Å². The van der Waals surface area contributed by atoms with E-state index < -0.39 is 56.8 Å². The normalized spacial score (nSPS) is 13.3. The zero-order valence-corrected chi connectivity index (χ0v) is 22.8. The van der Waals surface area contributed by atoms with Crippen molar-refractivity contribution in [3.63, 3.8) is 0 Å². The van der Waals surface area contributed by atoms with Crippen molar-refractivity contribution in [1.82, 2.24) is 14.9 Å². The number of aromatic nitrogens is 2. The number of H-pyrrole nitrogens is 1. The number of amidine groups is 1. The lowest BCUT2D eigenvalue weighted by atomic mass is 10.1. The second-order valence-corrected chi connectivity index (χ2v) is 10.4. The molecule has 0 bridgehead atoms. The molecule has 0 spiro atoms. The molecule has 43 heavy (non-hydrogen) atoms. The standard InChI is InChI=1S/C28H19F2N5O7S/c1-35-7-6-32-26(35)16-9-15(43(40)23-10-20(37)17(12-33-23)28(38)39)3-5-21(16)41-25-18(29)13-34-27(24(25)30)42-22-8-14(11-31)2-4-19(22)36/h2-5,8-10,12-13,36H,6-7H2,1H3,(H,33,37)(H,38,39). The number of aromatic amines is 1. The van der Waals surface area contributed by atoms with Crippen LogP contribution in [0.25, 0.3) is 0 Å². The maximum absolute atomic E-state index is 15.5. The van der Waals surface area contributed by atoms with Crippen LogP contribution in [0.3, 0.4) is 0 Å². The SMILES string of the molecule is CN1CCN=C1c1cc(S(=O)c2cc(=O)c(C(=O)O)c[nH]2)ccc1Oc1c(F)cnc(Oc2cc(C#N)ccc2O)c1F. The smallest absolute Gasteiger partial charge is 0.341 e. The van der Waals surface area contributed by atoms with E-state index in [4.69, 9.17) is 19.8 Å². The number of nitriles is 1. The highest BCUT2D eigenvalue weighted by molar-refractivity contribution is 7.85. The minimum absolute atomic E-state index is 0.0759. The molecule has 5 rings (SSSR count). The van der Waals surface area contributed by atoms with Crippen LogP contribution in [0.4, 0.5) is 8.78 Å². The zero-order chi connectivity index (χ0) is 30.8. The number of phenols is 1. The molecule has 0 saturated carbocycles. The van der Waals surface area contributed by atoms with E-state index in [2.05, 4.69) is 15.0 Å². The molecule has 4 aromatic rings. The van der Waals surface area contributed by atoms with Crippen LogP contribution >= 0.6 is 0 Å². The average Bonchev–Trinajstić information content (AvgIpc) is 3.42. The molecule has 3 heterocycles. The van der Waals surface area contributed by atoms with Gasteiger partial charge in [-0.3, -0.25) is 9.79 Å². The van der Waals surface area contributed by atoms with Crippen LogP contribution < -0.4 is 14.9 Å². The largest absolute Gasteiger partial charge is 0.504 e. The fraction of sp³-hybridized carbons (Fsp3) is 0.107. The number of nitrogens with one attached hydrogen (secondary N) is 1. The molecule has 0 amide bonds. The molecule has 2 aromatic heterocycles. The number of halogens is 2. The van der Waals surface area contributed by atoms with Crippen LogP contribution in [0, 0.1) is 23.0 Å².